The predicted molar refractivity (Wildman–Crippen MR) is 83.7 cm³/mol. The molecule has 0 unspecified atom stereocenters. The third-order valence-electron chi connectivity index (χ3n) is 4.03. The molecule has 21 heavy (non-hydrogen) atoms. The molecular weight excluding hydrogens is 286 g/mol. The molecule has 1 atom stereocenters. The maximum absolute atomic E-state index is 12.2. The quantitative estimate of drug-likeness (QED) is 0.859. The molecule has 116 valence electrons. The fraction of sp³-hybridized carbons (Fsp3) is 0.562. The summed E-state index contributed by atoms with van der Waals surface area (Å²) < 4.78 is 24.5. The average Bonchev–Trinajstić information content (AvgIpc) is 2.78. The van der Waals surface area contributed by atoms with Gasteiger partial charge in [0.1, 0.15) is 0 Å². The zero-order valence-corrected chi connectivity index (χ0v) is 13.7. The van der Waals surface area contributed by atoms with Gasteiger partial charge < -0.3 is 0 Å². The van der Waals surface area contributed by atoms with Crippen LogP contribution in [0.25, 0.3) is 0 Å². The number of amides is 1. The number of carbonyl (C=O) groups excluding carboxylic acids is 1. The van der Waals surface area contributed by atoms with E-state index in [0.29, 0.717) is 18.9 Å². The minimum atomic E-state index is -3.35. The van der Waals surface area contributed by atoms with Gasteiger partial charge in [0.15, 0.2) is 0 Å². The van der Waals surface area contributed by atoms with Crippen LogP contribution in [0.5, 0.6) is 0 Å². The van der Waals surface area contributed by atoms with Crippen LogP contribution in [0.1, 0.15) is 56.6 Å². The Labute approximate surface area is 127 Å². The molecule has 1 aliphatic rings. The van der Waals surface area contributed by atoms with E-state index in [9.17, 15) is 13.2 Å². The average molecular weight is 309 g/mol. The summed E-state index contributed by atoms with van der Waals surface area (Å²) in [6.07, 6.45) is 0.784. The van der Waals surface area contributed by atoms with Crippen molar-refractivity contribution in [2.45, 2.75) is 45.4 Å². The maximum Gasteiger partial charge on any atom is 0.237 e. The number of nitrogens with zero attached hydrogens (tertiary/aromatic N) is 1. The zero-order chi connectivity index (χ0) is 15.6. The second-order valence-electron chi connectivity index (χ2n) is 6.06. The SMILES string of the molecule is CC(C)c1ccc([C@@H](C)CC(=O)N2CCCS2(=O)=O)cc1. The molecule has 1 saturated heterocycles. The molecule has 1 amide bonds. The predicted octanol–water partition coefficient (Wildman–Crippen LogP) is 2.87. The Kier molecular flexibility index (Phi) is 4.71. The van der Waals surface area contributed by atoms with Gasteiger partial charge in [-0.2, -0.15) is 0 Å². The summed E-state index contributed by atoms with van der Waals surface area (Å²) >= 11 is 0. The first kappa shape index (κ1) is 16.0. The number of sulfonamides is 1. The molecule has 0 spiro atoms. The Morgan fingerprint density at radius 1 is 1.14 bits per heavy atom. The zero-order valence-electron chi connectivity index (χ0n) is 12.9. The number of carbonyl (C=O) groups is 1. The van der Waals surface area contributed by atoms with Crippen molar-refractivity contribution >= 4 is 15.9 Å². The summed E-state index contributed by atoms with van der Waals surface area (Å²) in [7, 11) is -3.35. The van der Waals surface area contributed by atoms with E-state index in [4.69, 9.17) is 0 Å². The molecule has 0 saturated carbocycles. The highest BCUT2D eigenvalue weighted by atomic mass is 32.2. The summed E-state index contributed by atoms with van der Waals surface area (Å²) in [6, 6.07) is 8.22. The van der Waals surface area contributed by atoms with Gasteiger partial charge in [-0.25, -0.2) is 12.7 Å². The number of rotatable bonds is 4. The molecular formula is C16H23NO3S. The fourth-order valence-corrected chi connectivity index (χ4v) is 4.12. The van der Waals surface area contributed by atoms with E-state index < -0.39 is 10.0 Å². The third kappa shape index (κ3) is 3.64. The summed E-state index contributed by atoms with van der Waals surface area (Å²) in [5.74, 6) is 0.309. The fourth-order valence-electron chi connectivity index (χ4n) is 2.61. The molecule has 0 radical (unpaired) electrons. The van der Waals surface area contributed by atoms with Crippen molar-refractivity contribution in [1.29, 1.82) is 0 Å². The number of hydrogen-bond acceptors (Lipinski definition) is 3. The van der Waals surface area contributed by atoms with Crippen LogP contribution < -0.4 is 0 Å². The van der Waals surface area contributed by atoms with Gasteiger partial charge in [-0.3, -0.25) is 4.79 Å². The first-order valence-corrected chi connectivity index (χ1v) is 9.05. The monoisotopic (exact) mass is 309 g/mol. The molecule has 0 aromatic heterocycles. The van der Waals surface area contributed by atoms with Crippen LogP contribution in [-0.2, 0) is 14.8 Å². The van der Waals surface area contributed by atoms with Gasteiger partial charge >= 0.3 is 0 Å². The molecule has 1 heterocycles. The van der Waals surface area contributed by atoms with Gasteiger partial charge in [-0.1, -0.05) is 45.0 Å². The van der Waals surface area contributed by atoms with Gasteiger partial charge in [0.25, 0.3) is 0 Å². The van der Waals surface area contributed by atoms with Gasteiger partial charge in [0.2, 0.25) is 15.9 Å². The normalized spacial score (nSPS) is 19.0. The first-order valence-electron chi connectivity index (χ1n) is 7.44. The van der Waals surface area contributed by atoms with Crippen LogP contribution in [-0.4, -0.2) is 30.9 Å². The lowest BCUT2D eigenvalue weighted by Gasteiger charge is -2.18. The van der Waals surface area contributed by atoms with Gasteiger partial charge in [0.05, 0.1) is 5.75 Å². The van der Waals surface area contributed by atoms with E-state index >= 15 is 0 Å². The Bertz CT molecular complexity index is 605. The lowest BCUT2D eigenvalue weighted by Crippen LogP contribution is -2.33. The summed E-state index contributed by atoms with van der Waals surface area (Å²) in [5.41, 5.74) is 2.34. The van der Waals surface area contributed by atoms with E-state index in [2.05, 4.69) is 26.0 Å². The lowest BCUT2D eigenvalue weighted by molar-refractivity contribution is -0.126. The van der Waals surface area contributed by atoms with Crippen LogP contribution >= 0.6 is 0 Å². The van der Waals surface area contributed by atoms with Crippen molar-refractivity contribution in [3.8, 4) is 0 Å². The van der Waals surface area contributed by atoms with Crippen molar-refractivity contribution in [1.82, 2.24) is 4.31 Å². The minimum Gasteiger partial charge on any atom is -0.274 e. The van der Waals surface area contributed by atoms with Crippen LogP contribution in [0.3, 0.4) is 0 Å². The second kappa shape index (κ2) is 6.18. The Morgan fingerprint density at radius 3 is 2.19 bits per heavy atom. The molecule has 5 heteroatoms. The summed E-state index contributed by atoms with van der Waals surface area (Å²) in [5, 5.41) is 0. The second-order valence-corrected chi connectivity index (χ2v) is 8.07. The Morgan fingerprint density at radius 2 is 1.71 bits per heavy atom. The van der Waals surface area contributed by atoms with E-state index in [0.717, 1.165) is 9.87 Å². The highest BCUT2D eigenvalue weighted by molar-refractivity contribution is 7.89. The molecule has 2 rings (SSSR count). The van der Waals surface area contributed by atoms with E-state index in [1.807, 2.05) is 19.1 Å². The Hall–Kier alpha value is -1.36. The smallest absolute Gasteiger partial charge is 0.237 e. The van der Waals surface area contributed by atoms with E-state index in [1.165, 1.54) is 5.56 Å². The third-order valence-corrected chi connectivity index (χ3v) is 5.89. The molecule has 1 aliphatic heterocycles. The van der Waals surface area contributed by atoms with Crippen molar-refractivity contribution < 1.29 is 13.2 Å². The van der Waals surface area contributed by atoms with Crippen molar-refractivity contribution in [3.05, 3.63) is 35.4 Å². The summed E-state index contributed by atoms with van der Waals surface area (Å²) in [6.45, 7) is 6.57. The van der Waals surface area contributed by atoms with Gasteiger partial charge in [-0.05, 0) is 29.4 Å². The molecule has 1 fully saturated rings. The molecule has 0 aliphatic carbocycles. The molecule has 1 aromatic rings. The highest BCUT2D eigenvalue weighted by Crippen LogP contribution is 2.24. The van der Waals surface area contributed by atoms with Crippen LogP contribution in [0.15, 0.2) is 24.3 Å². The molecule has 0 N–H and O–H groups in total. The van der Waals surface area contributed by atoms with Crippen LogP contribution in [0, 0.1) is 0 Å². The first-order chi connectivity index (χ1) is 9.81. The van der Waals surface area contributed by atoms with Crippen molar-refractivity contribution in [2.75, 3.05) is 12.3 Å². The molecule has 1 aromatic carbocycles. The summed E-state index contributed by atoms with van der Waals surface area (Å²) in [4.78, 5) is 12.2. The van der Waals surface area contributed by atoms with Crippen molar-refractivity contribution in [2.24, 2.45) is 0 Å². The molecule has 0 bridgehead atoms. The van der Waals surface area contributed by atoms with Crippen LogP contribution in [0.4, 0.5) is 0 Å². The lowest BCUT2D eigenvalue weighted by atomic mass is 9.94. The van der Waals surface area contributed by atoms with Crippen LogP contribution in [0.2, 0.25) is 0 Å². The largest absolute Gasteiger partial charge is 0.274 e. The molecule has 4 nitrogen and oxygen atoms in total. The number of benzene rings is 1. The standard InChI is InChI=1S/C16H23NO3S/c1-12(2)14-5-7-15(8-6-14)13(3)11-16(18)17-9-4-10-21(17,19)20/h5-8,12-13H,4,9-11H2,1-3H3/t13-/m0/s1. The topological polar surface area (TPSA) is 54.5 Å². The van der Waals surface area contributed by atoms with Gasteiger partial charge in [0, 0.05) is 13.0 Å². The van der Waals surface area contributed by atoms with Crippen molar-refractivity contribution in [3.63, 3.8) is 0 Å². The highest BCUT2D eigenvalue weighted by Gasteiger charge is 2.32. The minimum absolute atomic E-state index is 0.0227. The van der Waals surface area contributed by atoms with E-state index in [-0.39, 0.29) is 24.0 Å². The number of hydrogen-bond donors (Lipinski definition) is 0. The van der Waals surface area contributed by atoms with Gasteiger partial charge in [-0.15, -0.1) is 0 Å². The Balaban J connectivity index is 2.04. The maximum atomic E-state index is 12.2. The van der Waals surface area contributed by atoms with E-state index in [1.54, 1.807) is 0 Å².